The van der Waals surface area contributed by atoms with Crippen molar-refractivity contribution in [3.05, 3.63) is 35.9 Å². The standard InChI is InChI=1S/C12H16O/c1-9(2)10(3)12(13)11-7-5-4-6-8-11/h4-10H,1-3H3/t10-/m0/s1. The van der Waals surface area contributed by atoms with Crippen LogP contribution in [0.1, 0.15) is 31.1 Å². The quantitative estimate of drug-likeness (QED) is 0.646. The SMILES string of the molecule is CC(C)[C@H](C)C(=O)c1ccccc1. The predicted molar refractivity (Wildman–Crippen MR) is 54.8 cm³/mol. The molecule has 0 saturated carbocycles. The van der Waals surface area contributed by atoms with E-state index in [1.165, 1.54) is 0 Å². The Bertz CT molecular complexity index is 274. The molecule has 1 rings (SSSR count). The Morgan fingerprint density at radius 1 is 1.08 bits per heavy atom. The zero-order chi connectivity index (χ0) is 9.84. The van der Waals surface area contributed by atoms with Crippen LogP contribution >= 0.6 is 0 Å². The predicted octanol–water partition coefficient (Wildman–Crippen LogP) is 3.16. The largest absolute Gasteiger partial charge is 0.294 e. The number of rotatable bonds is 3. The molecule has 0 aliphatic heterocycles. The Kier molecular flexibility index (Phi) is 3.24. The molecular formula is C12H16O. The summed E-state index contributed by atoms with van der Waals surface area (Å²) in [4.78, 5) is 11.8. The Morgan fingerprint density at radius 2 is 1.62 bits per heavy atom. The molecule has 0 aliphatic carbocycles. The fraction of sp³-hybridized carbons (Fsp3) is 0.417. The van der Waals surface area contributed by atoms with E-state index in [2.05, 4.69) is 13.8 Å². The van der Waals surface area contributed by atoms with Crippen molar-refractivity contribution >= 4 is 5.78 Å². The molecule has 0 aliphatic rings. The number of ketones is 1. The van der Waals surface area contributed by atoms with Gasteiger partial charge in [-0.3, -0.25) is 4.79 Å². The number of Topliss-reactive ketones (excluding diaryl/α,β-unsaturated/α-hetero) is 1. The number of benzene rings is 1. The van der Waals surface area contributed by atoms with E-state index in [1.807, 2.05) is 37.3 Å². The van der Waals surface area contributed by atoms with Crippen molar-refractivity contribution in [2.24, 2.45) is 11.8 Å². The summed E-state index contributed by atoms with van der Waals surface area (Å²) in [6.07, 6.45) is 0. The second kappa shape index (κ2) is 4.22. The second-order valence-electron chi connectivity index (χ2n) is 3.76. The van der Waals surface area contributed by atoms with Gasteiger partial charge in [-0.15, -0.1) is 0 Å². The van der Waals surface area contributed by atoms with Crippen LogP contribution in [0.5, 0.6) is 0 Å². The van der Waals surface area contributed by atoms with E-state index >= 15 is 0 Å². The zero-order valence-corrected chi connectivity index (χ0v) is 8.45. The van der Waals surface area contributed by atoms with E-state index in [1.54, 1.807) is 0 Å². The summed E-state index contributed by atoms with van der Waals surface area (Å²) in [5.41, 5.74) is 0.823. The fourth-order valence-corrected chi connectivity index (χ4v) is 1.17. The van der Waals surface area contributed by atoms with Gasteiger partial charge in [0.25, 0.3) is 0 Å². The number of hydrogen-bond acceptors (Lipinski definition) is 1. The minimum atomic E-state index is 0.113. The van der Waals surface area contributed by atoms with Gasteiger partial charge in [0, 0.05) is 11.5 Å². The van der Waals surface area contributed by atoms with E-state index in [0.29, 0.717) is 5.92 Å². The maximum absolute atomic E-state index is 11.8. The smallest absolute Gasteiger partial charge is 0.165 e. The highest BCUT2D eigenvalue weighted by Gasteiger charge is 2.17. The Labute approximate surface area is 79.8 Å². The molecule has 1 nitrogen and oxygen atoms in total. The first kappa shape index (κ1) is 9.97. The molecule has 13 heavy (non-hydrogen) atoms. The number of hydrogen-bond donors (Lipinski definition) is 0. The van der Waals surface area contributed by atoms with Crippen molar-refractivity contribution in [1.29, 1.82) is 0 Å². The van der Waals surface area contributed by atoms with Crippen LogP contribution in [-0.2, 0) is 0 Å². The van der Waals surface area contributed by atoms with E-state index < -0.39 is 0 Å². The highest BCUT2D eigenvalue weighted by atomic mass is 16.1. The molecule has 0 unspecified atom stereocenters. The molecule has 0 fully saturated rings. The highest BCUT2D eigenvalue weighted by Crippen LogP contribution is 2.16. The van der Waals surface area contributed by atoms with Crippen LogP contribution in [0.3, 0.4) is 0 Å². The van der Waals surface area contributed by atoms with E-state index in [4.69, 9.17) is 0 Å². The monoisotopic (exact) mass is 176 g/mol. The van der Waals surface area contributed by atoms with Crippen LogP contribution in [0.25, 0.3) is 0 Å². The molecule has 0 heterocycles. The summed E-state index contributed by atoms with van der Waals surface area (Å²) >= 11 is 0. The molecule has 1 heteroatoms. The van der Waals surface area contributed by atoms with Crippen LogP contribution in [-0.4, -0.2) is 5.78 Å². The third kappa shape index (κ3) is 2.41. The molecule has 0 N–H and O–H groups in total. The third-order valence-corrected chi connectivity index (χ3v) is 2.47. The van der Waals surface area contributed by atoms with E-state index in [0.717, 1.165) is 5.56 Å². The van der Waals surface area contributed by atoms with Gasteiger partial charge in [-0.05, 0) is 5.92 Å². The molecule has 0 amide bonds. The molecule has 0 aromatic heterocycles. The van der Waals surface area contributed by atoms with E-state index in [9.17, 15) is 4.79 Å². The van der Waals surface area contributed by atoms with Crippen LogP contribution in [0.4, 0.5) is 0 Å². The molecule has 1 aromatic carbocycles. The van der Waals surface area contributed by atoms with Crippen molar-refractivity contribution in [1.82, 2.24) is 0 Å². The lowest BCUT2D eigenvalue weighted by Crippen LogP contribution is -2.16. The Hall–Kier alpha value is -1.11. The first-order valence-electron chi connectivity index (χ1n) is 4.72. The Balaban J connectivity index is 2.80. The van der Waals surface area contributed by atoms with Crippen LogP contribution in [0, 0.1) is 11.8 Å². The first-order chi connectivity index (χ1) is 6.13. The van der Waals surface area contributed by atoms with Gasteiger partial charge < -0.3 is 0 Å². The minimum absolute atomic E-state index is 0.113. The molecule has 1 atom stereocenters. The summed E-state index contributed by atoms with van der Waals surface area (Å²) in [5, 5.41) is 0. The van der Waals surface area contributed by atoms with Gasteiger partial charge in [0.1, 0.15) is 0 Å². The van der Waals surface area contributed by atoms with Gasteiger partial charge in [0.05, 0.1) is 0 Å². The van der Waals surface area contributed by atoms with Gasteiger partial charge in [0.2, 0.25) is 0 Å². The van der Waals surface area contributed by atoms with E-state index in [-0.39, 0.29) is 11.7 Å². The normalized spacial score (nSPS) is 12.9. The topological polar surface area (TPSA) is 17.1 Å². The average Bonchev–Trinajstić information content (AvgIpc) is 2.17. The van der Waals surface area contributed by atoms with Gasteiger partial charge in [-0.25, -0.2) is 0 Å². The van der Waals surface area contributed by atoms with Crippen LogP contribution in [0.2, 0.25) is 0 Å². The summed E-state index contributed by atoms with van der Waals surface area (Å²) < 4.78 is 0. The minimum Gasteiger partial charge on any atom is -0.294 e. The van der Waals surface area contributed by atoms with Crippen molar-refractivity contribution in [2.45, 2.75) is 20.8 Å². The van der Waals surface area contributed by atoms with Crippen LogP contribution < -0.4 is 0 Å². The lowest BCUT2D eigenvalue weighted by atomic mass is 9.90. The summed E-state index contributed by atoms with van der Waals surface area (Å²) in [7, 11) is 0. The molecule has 0 radical (unpaired) electrons. The van der Waals surface area contributed by atoms with Crippen molar-refractivity contribution in [3.8, 4) is 0 Å². The maximum Gasteiger partial charge on any atom is 0.165 e. The zero-order valence-electron chi connectivity index (χ0n) is 8.45. The summed E-state index contributed by atoms with van der Waals surface area (Å²) in [5.74, 6) is 0.769. The molecule has 0 bridgehead atoms. The first-order valence-corrected chi connectivity index (χ1v) is 4.72. The van der Waals surface area contributed by atoms with Crippen molar-refractivity contribution < 1.29 is 4.79 Å². The van der Waals surface area contributed by atoms with Crippen molar-refractivity contribution in [3.63, 3.8) is 0 Å². The molecular weight excluding hydrogens is 160 g/mol. The van der Waals surface area contributed by atoms with Crippen molar-refractivity contribution in [2.75, 3.05) is 0 Å². The molecule has 0 spiro atoms. The summed E-state index contributed by atoms with van der Waals surface area (Å²) in [6, 6.07) is 9.49. The van der Waals surface area contributed by atoms with Gasteiger partial charge >= 0.3 is 0 Å². The molecule has 70 valence electrons. The average molecular weight is 176 g/mol. The van der Waals surface area contributed by atoms with Crippen LogP contribution in [0.15, 0.2) is 30.3 Å². The van der Waals surface area contributed by atoms with Gasteiger partial charge in [0.15, 0.2) is 5.78 Å². The molecule has 1 aromatic rings. The lowest BCUT2D eigenvalue weighted by molar-refractivity contribution is 0.0900. The fourth-order valence-electron chi connectivity index (χ4n) is 1.17. The highest BCUT2D eigenvalue weighted by molar-refractivity contribution is 5.97. The molecule has 0 saturated heterocycles. The summed E-state index contributed by atoms with van der Waals surface area (Å²) in [6.45, 7) is 6.14. The number of carbonyl (C=O) groups is 1. The number of carbonyl (C=O) groups excluding carboxylic acids is 1. The third-order valence-electron chi connectivity index (χ3n) is 2.47. The van der Waals surface area contributed by atoms with Gasteiger partial charge in [-0.2, -0.15) is 0 Å². The van der Waals surface area contributed by atoms with Gasteiger partial charge in [-0.1, -0.05) is 51.1 Å². The Morgan fingerprint density at radius 3 is 2.08 bits per heavy atom. The lowest BCUT2D eigenvalue weighted by Gasteiger charge is -2.13. The second-order valence-corrected chi connectivity index (χ2v) is 3.76. The maximum atomic E-state index is 11.8.